The van der Waals surface area contributed by atoms with Gasteiger partial charge in [0, 0.05) is 12.6 Å². The minimum absolute atomic E-state index is 0.161. The summed E-state index contributed by atoms with van der Waals surface area (Å²) in [7, 11) is 0. The molecule has 3 heterocycles. The van der Waals surface area contributed by atoms with Crippen molar-refractivity contribution < 1.29 is 29.3 Å². The first kappa shape index (κ1) is 22.5. The summed E-state index contributed by atoms with van der Waals surface area (Å²) in [6.45, 7) is 7.40. The first-order valence-electron chi connectivity index (χ1n) is 11.1. The van der Waals surface area contributed by atoms with Crippen LogP contribution in [0.3, 0.4) is 0 Å². The molecular formula is C24H30N2O6. The van der Waals surface area contributed by atoms with Crippen molar-refractivity contribution in [3.05, 3.63) is 48.6 Å². The van der Waals surface area contributed by atoms with Gasteiger partial charge in [0.1, 0.15) is 11.6 Å². The average molecular weight is 443 g/mol. The van der Waals surface area contributed by atoms with E-state index in [-0.39, 0.29) is 18.5 Å². The Labute approximate surface area is 187 Å². The SMILES string of the molecule is C=CCN(C(=O)C1N([C@H](CO)c2ccccc2)C(=O)[C@@H]2[C@H](C(=O)O)[C@@H]3CCC12O3)C(C)C. The summed E-state index contributed by atoms with van der Waals surface area (Å²) >= 11 is 0. The molecule has 0 radical (unpaired) electrons. The maximum Gasteiger partial charge on any atom is 0.310 e. The van der Waals surface area contributed by atoms with Crippen molar-refractivity contribution in [2.75, 3.05) is 13.2 Å². The number of hydrogen-bond acceptors (Lipinski definition) is 5. The van der Waals surface area contributed by atoms with Crippen LogP contribution in [0.15, 0.2) is 43.0 Å². The van der Waals surface area contributed by atoms with E-state index in [1.807, 2.05) is 19.9 Å². The number of carbonyl (C=O) groups excluding carboxylic acids is 2. The Kier molecular flexibility index (Phi) is 5.85. The van der Waals surface area contributed by atoms with Gasteiger partial charge in [0.05, 0.1) is 30.6 Å². The molecule has 1 aromatic carbocycles. The van der Waals surface area contributed by atoms with Crippen molar-refractivity contribution in [1.82, 2.24) is 9.80 Å². The molecular weight excluding hydrogens is 412 g/mol. The number of likely N-dealkylation sites (tertiary alicyclic amines) is 1. The number of rotatable bonds is 8. The summed E-state index contributed by atoms with van der Waals surface area (Å²) in [6, 6.07) is 7.04. The number of carboxylic acids is 1. The number of carboxylic acid groups (broad SMARTS) is 1. The summed E-state index contributed by atoms with van der Waals surface area (Å²) in [5.41, 5.74) is -0.531. The van der Waals surface area contributed by atoms with Crippen LogP contribution in [0.1, 0.15) is 38.3 Å². The number of aliphatic carboxylic acids is 1. The lowest BCUT2D eigenvalue weighted by Crippen LogP contribution is -2.58. The Bertz CT molecular complexity index is 918. The van der Waals surface area contributed by atoms with Crippen molar-refractivity contribution in [3.8, 4) is 0 Å². The van der Waals surface area contributed by atoms with E-state index in [9.17, 15) is 24.6 Å². The van der Waals surface area contributed by atoms with E-state index in [0.717, 1.165) is 0 Å². The second kappa shape index (κ2) is 8.33. The molecule has 2 N–H and O–H groups in total. The molecule has 0 aromatic heterocycles. The Morgan fingerprint density at radius 3 is 2.59 bits per heavy atom. The lowest BCUT2D eigenvalue weighted by molar-refractivity contribution is -0.154. The van der Waals surface area contributed by atoms with Gasteiger partial charge in [-0.1, -0.05) is 36.4 Å². The number of nitrogens with zero attached hydrogens (tertiary/aromatic N) is 2. The fourth-order valence-corrected chi connectivity index (χ4v) is 5.87. The van der Waals surface area contributed by atoms with Crippen LogP contribution >= 0.6 is 0 Å². The van der Waals surface area contributed by atoms with Crippen LogP contribution in [0.2, 0.25) is 0 Å². The third-order valence-electron chi connectivity index (χ3n) is 7.18. The molecule has 3 aliphatic heterocycles. The Hall–Kier alpha value is -2.71. The molecule has 2 unspecified atom stereocenters. The van der Waals surface area contributed by atoms with Crippen LogP contribution in [0.4, 0.5) is 0 Å². The van der Waals surface area contributed by atoms with Crippen molar-refractivity contribution in [2.45, 2.75) is 56.5 Å². The Balaban J connectivity index is 1.85. The average Bonchev–Trinajstić information content (AvgIpc) is 3.41. The first-order valence-corrected chi connectivity index (χ1v) is 11.1. The number of aliphatic hydroxyl groups excluding tert-OH is 1. The van der Waals surface area contributed by atoms with Gasteiger partial charge in [-0.3, -0.25) is 14.4 Å². The van der Waals surface area contributed by atoms with Crippen molar-refractivity contribution >= 4 is 17.8 Å². The summed E-state index contributed by atoms with van der Waals surface area (Å²) in [5, 5.41) is 20.2. The van der Waals surface area contributed by atoms with Gasteiger partial charge in [0.25, 0.3) is 0 Å². The molecule has 32 heavy (non-hydrogen) atoms. The van der Waals surface area contributed by atoms with E-state index in [1.165, 1.54) is 4.90 Å². The van der Waals surface area contributed by atoms with Crippen molar-refractivity contribution in [2.24, 2.45) is 11.8 Å². The minimum atomic E-state index is -1.21. The number of benzene rings is 1. The molecule has 4 rings (SSSR count). The summed E-state index contributed by atoms with van der Waals surface area (Å²) < 4.78 is 6.23. The van der Waals surface area contributed by atoms with E-state index < -0.39 is 54.1 Å². The van der Waals surface area contributed by atoms with E-state index in [1.54, 1.807) is 35.2 Å². The lowest BCUT2D eigenvalue weighted by Gasteiger charge is -2.40. The van der Waals surface area contributed by atoms with Gasteiger partial charge in [-0.25, -0.2) is 0 Å². The van der Waals surface area contributed by atoms with Gasteiger partial charge >= 0.3 is 5.97 Å². The molecule has 6 atom stereocenters. The van der Waals surface area contributed by atoms with Gasteiger partial charge in [0.15, 0.2) is 0 Å². The number of ether oxygens (including phenoxy) is 1. The highest BCUT2D eigenvalue weighted by Gasteiger charge is 2.75. The first-order chi connectivity index (χ1) is 15.3. The molecule has 172 valence electrons. The number of hydrogen-bond donors (Lipinski definition) is 2. The highest BCUT2D eigenvalue weighted by atomic mass is 16.5. The second-order valence-corrected chi connectivity index (χ2v) is 9.12. The van der Waals surface area contributed by atoms with E-state index >= 15 is 0 Å². The Morgan fingerprint density at radius 2 is 2.03 bits per heavy atom. The predicted molar refractivity (Wildman–Crippen MR) is 115 cm³/mol. The number of fused-ring (bicyclic) bond motifs is 1. The summed E-state index contributed by atoms with van der Waals surface area (Å²) in [6.07, 6.45) is 1.95. The van der Waals surface area contributed by atoms with Gasteiger partial charge in [-0.05, 0) is 32.3 Å². The van der Waals surface area contributed by atoms with Crippen LogP contribution in [-0.2, 0) is 19.1 Å². The van der Waals surface area contributed by atoms with Gasteiger partial charge in [-0.2, -0.15) is 0 Å². The van der Waals surface area contributed by atoms with Gasteiger partial charge in [-0.15, -0.1) is 6.58 Å². The monoisotopic (exact) mass is 442 g/mol. The fraction of sp³-hybridized carbons (Fsp3) is 0.542. The normalized spacial score (nSPS) is 31.6. The zero-order chi connectivity index (χ0) is 23.2. The van der Waals surface area contributed by atoms with E-state index in [0.29, 0.717) is 18.4 Å². The maximum absolute atomic E-state index is 14.0. The van der Waals surface area contributed by atoms with Crippen LogP contribution in [0, 0.1) is 11.8 Å². The molecule has 0 aliphatic carbocycles. The molecule has 8 heteroatoms. The standard InChI is InChI=1S/C24H30N2O6/c1-4-12-25(14(2)3)22(29)20-24-11-10-17(32-24)18(23(30)31)19(24)21(28)26(20)16(13-27)15-8-6-5-7-9-15/h4-9,14,16-20,27H,1,10-13H2,2-3H3,(H,30,31)/t16-,17+,18-,19+,20?,24?/m1/s1. The minimum Gasteiger partial charge on any atom is -0.481 e. The van der Waals surface area contributed by atoms with Crippen molar-refractivity contribution in [3.63, 3.8) is 0 Å². The number of aliphatic hydroxyl groups is 1. The third-order valence-corrected chi connectivity index (χ3v) is 7.18. The second-order valence-electron chi connectivity index (χ2n) is 9.12. The molecule has 3 aliphatic rings. The highest BCUT2D eigenvalue weighted by molar-refractivity contribution is 5.98. The van der Waals surface area contributed by atoms with Crippen LogP contribution in [0.25, 0.3) is 0 Å². The van der Waals surface area contributed by atoms with Gasteiger partial charge < -0.3 is 24.7 Å². The number of amides is 2. The molecule has 1 spiro atoms. The molecule has 8 nitrogen and oxygen atoms in total. The molecule has 0 saturated carbocycles. The lowest BCUT2D eigenvalue weighted by atomic mass is 9.70. The van der Waals surface area contributed by atoms with Crippen LogP contribution < -0.4 is 0 Å². The van der Waals surface area contributed by atoms with Crippen LogP contribution in [0.5, 0.6) is 0 Å². The van der Waals surface area contributed by atoms with E-state index in [4.69, 9.17) is 4.74 Å². The largest absolute Gasteiger partial charge is 0.481 e. The molecule has 2 amide bonds. The molecule has 3 saturated heterocycles. The summed E-state index contributed by atoms with van der Waals surface area (Å²) in [5.74, 6) is -3.79. The van der Waals surface area contributed by atoms with Crippen molar-refractivity contribution in [1.29, 1.82) is 0 Å². The highest BCUT2D eigenvalue weighted by Crippen LogP contribution is 2.59. The smallest absolute Gasteiger partial charge is 0.310 e. The third kappa shape index (κ3) is 3.16. The molecule has 1 aromatic rings. The van der Waals surface area contributed by atoms with Crippen LogP contribution in [-0.4, -0.2) is 74.7 Å². The fourth-order valence-electron chi connectivity index (χ4n) is 5.87. The topological polar surface area (TPSA) is 107 Å². The summed E-state index contributed by atoms with van der Waals surface area (Å²) in [4.78, 5) is 42.9. The molecule has 2 bridgehead atoms. The van der Waals surface area contributed by atoms with Gasteiger partial charge in [0.2, 0.25) is 11.8 Å². The maximum atomic E-state index is 14.0. The zero-order valence-corrected chi connectivity index (χ0v) is 18.4. The molecule has 3 fully saturated rings. The number of carbonyl (C=O) groups is 3. The quantitative estimate of drug-likeness (QED) is 0.593. The predicted octanol–water partition coefficient (Wildman–Crippen LogP) is 1.60. The zero-order valence-electron chi connectivity index (χ0n) is 18.4. The van der Waals surface area contributed by atoms with E-state index in [2.05, 4.69) is 6.58 Å². The Morgan fingerprint density at radius 1 is 1.34 bits per heavy atom.